The molecule has 2 N–H and O–H groups in total. The maximum atomic E-state index is 5.95. The van der Waals surface area contributed by atoms with Crippen molar-refractivity contribution in [2.45, 2.75) is 19.4 Å². The molecule has 0 bridgehead atoms. The molecule has 0 saturated heterocycles. The Bertz CT molecular complexity index is 529. The molecule has 1 aromatic heterocycles. The summed E-state index contributed by atoms with van der Waals surface area (Å²) in [6.07, 6.45) is 2.58. The number of rotatable bonds is 5. The van der Waals surface area contributed by atoms with Gasteiger partial charge in [0.1, 0.15) is 5.75 Å². The summed E-state index contributed by atoms with van der Waals surface area (Å²) in [6, 6.07) is 11.7. The van der Waals surface area contributed by atoms with Gasteiger partial charge in [-0.05, 0) is 37.3 Å². The molecule has 2 aromatic rings. The van der Waals surface area contributed by atoms with Gasteiger partial charge in [0.25, 0.3) is 0 Å². The summed E-state index contributed by atoms with van der Waals surface area (Å²) in [7, 11) is 0. The van der Waals surface area contributed by atoms with Crippen LogP contribution in [-0.2, 0) is 6.42 Å². The molecule has 1 aromatic carbocycles. The summed E-state index contributed by atoms with van der Waals surface area (Å²) >= 11 is 3.45. The quantitative estimate of drug-likeness (QED) is 0.917. The minimum atomic E-state index is -0.0534. The fourth-order valence-electron chi connectivity index (χ4n) is 1.82. The van der Waals surface area contributed by atoms with Crippen molar-refractivity contribution in [1.29, 1.82) is 0 Å². The van der Waals surface area contributed by atoms with E-state index < -0.39 is 0 Å². The molecule has 19 heavy (non-hydrogen) atoms. The van der Waals surface area contributed by atoms with Gasteiger partial charge < -0.3 is 10.5 Å². The second-order valence-corrected chi connectivity index (χ2v) is 5.31. The number of nitrogens with two attached hydrogens (primary N) is 1. The number of nitrogens with zero attached hydrogens (tertiary/aromatic N) is 1. The van der Waals surface area contributed by atoms with Gasteiger partial charge in [-0.2, -0.15) is 0 Å². The highest BCUT2D eigenvalue weighted by Gasteiger charge is 2.08. The topological polar surface area (TPSA) is 48.1 Å². The van der Waals surface area contributed by atoms with Crippen molar-refractivity contribution in [3.05, 3.63) is 58.3 Å². The lowest BCUT2D eigenvalue weighted by atomic mass is 10.1. The maximum Gasteiger partial charge on any atom is 0.124 e. The van der Waals surface area contributed by atoms with Gasteiger partial charge in [-0.3, -0.25) is 4.98 Å². The van der Waals surface area contributed by atoms with Crippen LogP contribution in [-0.4, -0.2) is 11.6 Å². The number of halogens is 1. The molecule has 1 heterocycles. The van der Waals surface area contributed by atoms with Crippen molar-refractivity contribution in [2.24, 2.45) is 5.73 Å². The zero-order valence-corrected chi connectivity index (χ0v) is 12.4. The molecule has 0 radical (unpaired) electrons. The predicted octanol–water partition coefficient (Wildman–Crippen LogP) is 3.49. The minimum absolute atomic E-state index is 0.0534. The van der Waals surface area contributed by atoms with Crippen molar-refractivity contribution < 1.29 is 4.74 Å². The largest absolute Gasteiger partial charge is 0.493 e. The van der Waals surface area contributed by atoms with Crippen LogP contribution in [0, 0.1) is 0 Å². The van der Waals surface area contributed by atoms with E-state index in [1.54, 1.807) is 6.20 Å². The summed E-state index contributed by atoms with van der Waals surface area (Å²) in [4.78, 5) is 4.27. The molecule has 2 rings (SSSR count). The first kappa shape index (κ1) is 14.0. The van der Waals surface area contributed by atoms with Crippen LogP contribution in [0.15, 0.2) is 47.1 Å². The Morgan fingerprint density at radius 1 is 1.32 bits per heavy atom. The van der Waals surface area contributed by atoms with Crippen LogP contribution >= 0.6 is 15.9 Å². The van der Waals surface area contributed by atoms with Crippen LogP contribution in [0.1, 0.15) is 24.2 Å². The zero-order valence-electron chi connectivity index (χ0n) is 10.8. The lowest BCUT2D eigenvalue weighted by Crippen LogP contribution is -2.10. The molecule has 0 spiro atoms. The highest BCUT2D eigenvalue weighted by atomic mass is 79.9. The summed E-state index contributed by atoms with van der Waals surface area (Å²) in [5, 5.41) is 0. The van der Waals surface area contributed by atoms with Crippen LogP contribution in [0.25, 0.3) is 0 Å². The van der Waals surface area contributed by atoms with Crippen molar-refractivity contribution in [2.75, 3.05) is 6.61 Å². The smallest absolute Gasteiger partial charge is 0.124 e. The number of hydrogen-bond donors (Lipinski definition) is 1. The van der Waals surface area contributed by atoms with E-state index >= 15 is 0 Å². The van der Waals surface area contributed by atoms with E-state index in [2.05, 4.69) is 20.9 Å². The molecular weight excluding hydrogens is 304 g/mol. The van der Waals surface area contributed by atoms with Gasteiger partial charge in [-0.25, -0.2) is 0 Å². The first-order valence-corrected chi connectivity index (χ1v) is 7.04. The third-order valence-corrected chi connectivity index (χ3v) is 3.30. The van der Waals surface area contributed by atoms with Gasteiger partial charge >= 0.3 is 0 Å². The summed E-state index contributed by atoms with van der Waals surface area (Å²) in [5.74, 6) is 0.842. The van der Waals surface area contributed by atoms with E-state index in [1.165, 1.54) is 0 Å². The average molecular weight is 321 g/mol. The summed E-state index contributed by atoms with van der Waals surface area (Å²) in [6.45, 7) is 2.55. The van der Waals surface area contributed by atoms with Crippen molar-refractivity contribution in [3.63, 3.8) is 0 Å². The van der Waals surface area contributed by atoms with Crippen LogP contribution in [0.3, 0.4) is 0 Å². The molecule has 0 unspecified atom stereocenters. The molecule has 0 saturated carbocycles. The van der Waals surface area contributed by atoms with Crippen LogP contribution < -0.4 is 10.5 Å². The fourth-order valence-corrected chi connectivity index (χ4v) is 2.20. The highest BCUT2D eigenvalue weighted by molar-refractivity contribution is 9.10. The van der Waals surface area contributed by atoms with Crippen molar-refractivity contribution in [3.8, 4) is 5.75 Å². The van der Waals surface area contributed by atoms with Gasteiger partial charge in [-0.1, -0.05) is 22.0 Å². The number of aromatic nitrogens is 1. The second kappa shape index (κ2) is 6.68. The number of benzene rings is 1. The Morgan fingerprint density at radius 3 is 2.84 bits per heavy atom. The molecule has 0 aliphatic heterocycles. The summed E-state index contributed by atoms with van der Waals surface area (Å²) < 4.78 is 6.83. The standard InChI is InChI=1S/C15H17BrN2O/c1-11(17)14-10-12(16)5-6-15(14)19-9-7-13-4-2-3-8-18-13/h2-6,8,10-11H,7,9,17H2,1H3/t11-/m0/s1. The Morgan fingerprint density at radius 2 is 2.16 bits per heavy atom. The Kier molecular flexibility index (Phi) is 4.93. The lowest BCUT2D eigenvalue weighted by Gasteiger charge is -2.14. The molecule has 4 heteroatoms. The van der Waals surface area contributed by atoms with Gasteiger partial charge in [-0.15, -0.1) is 0 Å². The average Bonchev–Trinajstić information content (AvgIpc) is 2.41. The molecule has 0 aliphatic rings. The number of ether oxygens (including phenoxy) is 1. The Labute approximate surface area is 121 Å². The first-order chi connectivity index (χ1) is 9.16. The van der Waals surface area contributed by atoms with Gasteiger partial charge in [0.05, 0.1) is 6.61 Å². The third-order valence-electron chi connectivity index (χ3n) is 2.80. The lowest BCUT2D eigenvalue weighted by molar-refractivity contribution is 0.315. The predicted molar refractivity (Wildman–Crippen MR) is 80.2 cm³/mol. The Balaban J connectivity index is 2.00. The first-order valence-electron chi connectivity index (χ1n) is 6.24. The molecule has 3 nitrogen and oxygen atoms in total. The number of pyridine rings is 1. The zero-order chi connectivity index (χ0) is 13.7. The highest BCUT2D eigenvalue weighted by Crippen LogP contribution is 2.27. The van der Waals surface area contributed by atoms with E-state index in [0.717, 1.165) is 27.9 Å². The maximum absolute atomic E-state index is 5.95. The van der Waals surface area contributed by atoms with E-state index in [4.69, 9.17) is 10.5 Å². The molecule has 0 amide bonds. The second-order valence-electron chi connectivity index (χ2n) is 4.39. The molecule has 0 aliphatic carbocycles. The molecular formula is C15H17BrN2O. The Hall–Kier alpha value is -1.39. The normalized spacial score (nSPS) is 12.2. The van der Waals surface area contributed by atoms with Gasteiger partial charge in [0.15, 0.2) is 0 Å². The monoisotopic (exact) mass is 320 g/mol. The third kappa shape index (κ3) is 4.04. The molecule has 0 fully saturated rings. The number of hydrogen-bond acceptors (Lipinski definition) is 3. The fraction of sp³-hybridized carbons (Fsp3) is 0.267. The van der Waals surface area contributed by atoms with E-state index in [1.807, 2.05) is 43.3 Å². The SMILES string of the molecule is C[C@H](N)c1cc(Br)ccc1OCCc1ccccn1. The van der Waals surface area contributed by atoms with E-state index in [-0.39, 0.29) is 6.04 Å². The minimum Gasteiger partial charge on any atom is -0.493 e. The van der Waals surface area contributed by atoms with E-state index in [0.29, 0.717) is 6.61 Å². The van der Waals surface area contributed by atoms with Gasteiger partial charge in [0.2, 0.25) is 0 Å². The van der Waals surface area contributed by atoms with Crippen LogP contribution in [0.5, 0.6) is 5.75 Å². The van der Waals surface area contributed by atoms with Crippen molar-refractivity contribution in [1.82, 2.24) is 4.98 Å². The summed E-state index contributed by atoms with van der Waals surface area (Å²) in [5.41, 5.74) is 7.99. The van der Waals surface area contributed by atoms with E-state index in [9.17, 15) is 0 Å². The van der Waals surface area contributed by atoms with Crippen molar-refractivity contribution >= 4 is 15.9 Å². The van der Waals surface area contributed by atoms with Gasteiger partial charge in [0, 0.05) is 34.4 Å². The van der Waals surface area contributed by atoms with Crippen LogP contribution in [0.4, 0.5) is 0 Å². The molecule has 1 atom stereocenters. The van der Waals surface area contributed by atoms with Crippen LogP contribution in [0.2, 0.25) is 0 Å². The molecule has 100 valence electrons.